The summed E-state index contributed by atoms with van der Waals surface area (Å²) in [6.07, 6.45) is 5.34. The van der Waals surface area contributed by atoms with Crippen LogP contribution in [0.25, 0.3) is 5.57 Å². The van der Waals surface area contributed by atoms with Crippen LogP contribution < -0.4 is 4.74 Å². The van der Waals surface area contributed by atoms with E-state index >= 15 is 0 Å². The van der Waals surface area contributed by atoms with Gasteiger partial charge in [-0.25, -0.2) is 4.79 Å². The number of carboxylic acid groups (broad SMARTS) is 1. The van der Waals surface area contributed by atoms with Gasteiger partial charge in [-0.15, -0.1) is 0 Å². The first-order valence-electron chi connectivity index (χ1n) is 5.83. The molecular weight excluding hydrogens is 228 g/mol. The summed E-state index contributed by atoms with van der Waals surface area (Å²) in [6, 6.07) is 5.98. The van der Waals surface area contributed by atoms with Crippen molar-refractivity contribution in [3.05, 3.63) is 47.6 Å². The van der Waals surface area contributed by atoms with Crippen LogP contribution >= 0.6 is 0 Å². The van der Waals surface area contributed by atoms with Crippen LogP contribution in [0.3, 0.4) is 0 Å². The van der Waals surface area contributed by atoms with Crippen LogP contribution in [-0.2, 0) is 11.2 Å². The molecule has 3 nitrogen and oxygen atoms in total. The molecule has 1 aromatic rings. The molecule has 0 aromatic heterocycles. The van der Waals surface area contributed by atoms with Gasteiger partial charge in [0.05, 0.1) is 7.11 Å². The number of carboxylic acids is 1. The maximum atomic E-state index is 10.4. The van der Waals surface area contributed by atoms with Crippen molar-refractivity contribution in [2.45, 2.75) is 20.3 Å². The Labute approximate surface area is 107 Å². The molecule has 0 saturated carbocycles. The maximum Gasteiger partial charge on any atom is 0.328 e. The molecule has 0 bridgehead atoms. The van der Waals surface area contributed by atoms with Crippen molar-refractivity contribution in [3.63, 3.8) is 0 Å². The third-order valence-electron chi connectivity index (χ3n) is 2.70. The van der Waals surface area contributed by atoms with E-state index in [4.69, 9.17) is 9.84 Å². The average molecular weight is 246 g/mol. The second-order valence-corrected chi connectivity index (χ2v) is 3.93. The molecular formula is C15H18O3. The van der Waals surface area contributed by atoms with Gasteiger partial charge in [0.25, 0.3) is 0 Å². The minimum atomic E-state index is -0.942. The van der Waals surface area contributed by atoms with Crippen LogP contribution in [0.2, 0.25) is 0 Å². The second kappa shape index (κ2) is 6.64. The molecule has 96 valence electrons. The van der Waals surface area contributed by atoms with E-state index in [2.05, 4.69) is 13.0 Å². The number of carbonyl (C=O) groups is 1. The number of methoxy groups -OCH3 is 1. The van der Waals surface area contributed by atoms with Crippen molar-refractivity contribution < 1.29 is 14.6 Å². The van der Waals surface area contributed by atoms with E-state index in [0.29, 0.717) is 0 Å². The zero-order valence-electron chi connectivity index (χ0n) is 10.9. The first kappa shape index (κ1) is 14.0. The third-order valence-corrected chi connectivity index (χ3v) is 2.70. The molecule has 1 aromatic carbocycles. The number of allylic oxidation sites excluding steroid dienone is 3. The van der Waals surface area contributed by atoms with Crippen molar-refractivity contribution in [2.24, 2.45) is 0 Å². The van der Waals surface area contributed by atoms with Crippen LogP contribution in [0.15, 0.2) is 36.4 Å². The van der Waals surface area contributed by atoms with Crippen molar-refractivity contribution in [2.75, 3.05) is 7.11 Å². The van der Waals surface area contributed by atoms with E-state index in [1.54, 1.807) is 13.2 Å². The van der Waals surface area contributed by atoms with Gasteiger partial charge in [-0.3, -0.25) is 0 Å². The highest BCUT2D eigenvalue weighted by atomic mass is 16.5. The third kappa shape index (κ3) is 3.77. The molecule has 1 N–H and O–H groups in total. The Kier molecular flexibility index (Phi) is 5.18. The van der Waals surface area contributed by atoms with E-state index in [1.807, 2.05) is 19.1 Å². The Bertz CT molecular complexity index is 485. The highest BCUT2D eigenvalue weighted by Crippen LogP contribution is 2.24. The molecule has 18 heavy (non-hydrogen) atoms. The standard InChI is InChI=1S/C15H18O3/c1-4-12-10-13(8-9-14(12)18-3)11(2)6-5-7-15(16)17/h5-10H,4H2,1-3H3,(H,16,17)/b7-5+,11-6+. The van der Waals surface area contributed by atoms with Gasteiger partial charge in [-0.1, -0.05) is 25.1 Å². The number of rotatable bonds is 5. The van der Waals surface area contributed by atoms with E-state index < -0.39 is 5.97 Å². The maximum absolute atomic E-state index is 10.4. The number of aryl methyl sites for hydroxylation is 1. The molecule has 0 heterocycles. The minimum absolute atomic E-state index is 0.884. The van der Waals surface area contributed by atoms with Gasteiger partial charge in [0.15, 0.2) is 0 Å². The molecule has 0 spiro atoms. The summed E-state index contributed by atoms with van der Waals surface area (Å²) in [5.41, 5.74) is 3.23. The largest absolute Gasteiger partial charge is 0.496 e. The molecule has 0 saturated heterocycles. The highest BCUT2D eigenvalue weighted by Gasteiger charge is 2.03. The van der Waals surface area contributed by atoms with Gasteiger partial charge in [0.1, 0.15) is 5.75 Å². The fourth-order valence-corrected chi connectivity index (χ4v) is 1.67. The van der Waals surface area contributed by atoms with Crippen LogP contribution in [0.1, 0.15) is 25.0 Å². The van der Waals surface area contributed by atoms with E-state index in [1.165, 1.54) is 6.08 Å². The summed E-state index contributed by atoms with van der Waals surface area (Å²) in [5, 5.41) is 8.51. The normalized spacial score (nSPS) is 11.8. The van der Waals surface area contributed by atoms with Gasteiger partial charge in [-0.05, 0) is 42.2 Å². The van der Waals surface area contributed by atoms with Crippen LogP contribution in [0, 0.1) is 0 Å². The lowest BCUT2D eigenvalue weighted by Crippen LogP contribution is -1.92. The molecule has 0 aliphatic heterocycles. The fraction of sp³-hybridized carbons (Fsp3) is 0.267. The lowest BCUT2D eigenvalue weighted by Gasteiger charge is -2.09. The van der Waals surface area contributed by atoms with Crippen molar-refractivity contribution in [1.29, 1.82) is 0 Å². The second-order valence-electron chi connectivity index (χ2n) is 3.93. The molecule has 0 amide bonds. The van der Waals surface area contributed by atoms with Gasteiger partial charge in [-0.2, -0.15) is 0 Å². The molecule has 0 fully saturated rings. The van der Waals surface area contributed by atoms with E-state index in [9.17, 15) is 4.79 Å². The predicted molar refractivity (Wildman–Crippen MR) is 72.8 cm³/mol. The highest BCUT2D eigenvalue weighted by molar-refractivity contribution is 5.80. The Morgan fingerprint density at radius 3 is 2.72 bits per heavy atom. The van der Waals surface area contributed by atoms with Crippen molar-refractivity contribution >= 4 is 11.5 Å². The Hall–Kier alpha value is -2.03. The molecule has 1 rings (SSSR count). The van der Waals surface area contributed by atoms with Crippen LogP contribution in [0.5, 0.6) is 5.75 Å². The van der Waals surface area contributed by atoms with Gasteiger partial charge in [0, 0.05) is 6.08 Å². The lowest BCUT2D eigenvalue weighted by molar-refractivity contribution is -0.131. The summed E-state index contributed by atoms with van der Waals surface area (Å²) in [5.74, 6) is -0.0573. The smallest absolute Gasteiger partial charge is 0.328 e. The number of hydrogen-bond donors (Lipinski definition) is 1. The Balaban J connectivity index is 2.99. The minimum Gasteiger partial charge on any atom is -0.496 e. The first-order chi connectivity index (χ1) is 8.58. The predicted octanol–water partition coefficient (Wildman–Crippen LogP) is 3.30. The molecule has 0 unspecified atom stereocenters. The summed E-state index contributed by atoms with van der Waals surface area (Å²) in [7, 11) is 1.66. The molecule has 0 aliphatic carbocycles. The number of hydrogen-bond acceptors (Lipinski definition) is 2. The van der Waals surface area contributed by atoms with Gasteiger partial charge in [0.2, 0.25) is 0 Å². The molecule has 0 radical (unpaired) electrons. The summed E-state index contributed by atoms with van der Waals surface area (Å²) < 4.78 is 5.27. The van der Waals surface area contributed by atoms with E-state index in [0.717, 1.165) is 34.9 Å². The quantitative estimate of drug-likeness (QED) is 0.640. The van der Waals surface area contributed by atoms with Crippen molar-refractivity contribution in [3.8, 4) is 5.75 Å². The van der Waals surface area contributed by atoms with Crippen LogP contribution in [-0.4, -0.2) is 18.2 Å². The molecule has 0 aliphatic rings. The zero-order chi connectivity index (χ0) is 13.5. The summed E-state index contributed by atoms with van der Waals surface area (Å²) in [6.45, 7) is 4.03. The number of ether oxygens (including phenoxy) is 1. The first-order valence-corrected chi connectivity index (χ1v) is 5.83. The van der Waals surface area contributed by atoms with Gasteiger partial charge >= 0.3 is 5.97 Å². The topological polar surface area (TPSA) is 46.5 Å². The number of benzene rings is 1. The lowest BCUT2D eigenvalue weighted by atomic mass is 10.0. The summed E-state index contributed by atoms with van der Waals surface area (Å²) in [4.78, 5) is 10.4. The SMILES string of the molecule is CCc1cc(/C(C)=C/C=C/C(=O)O)ccc1OC. The van der Waals surface area contributed by atoms with Crippen LogP contribution in [0.4, 0.5) is 0 Å². The number of aliphatic carboxylic acids is 1. The Morgan fingerprint density at radius 1 is 1.44 bits per heavy atom. The summed E-state index contributed by atoms with van der Waals surface area (Å²) >= 11 is 0. The Morgan fingerprint density at radius 2 is 2.17 bits per heavy atom. The fourth-order valence-electron chi connectivity index (χ4n) is 1.67. The molecule has 0 atom stereocenters. The van der Waals surface area contributed by atoms with E-state index in [-0.39, 0.29) is 0 Å². The zero-order valence-corrected chi connectivity index (χ0v) is 10.9. The van der Waals surface area contributed by atoms with Crippen molar-refractivity contribution in [1.82, 2.24) is 0 Å². The van der Waals surface area contributed by atoms with Gasteiger partial charge < -0.3 is 9.84 Å². The molecule has 3 heteroatoms. The monoisotopic (exact) mass is 246 g/mol. The average Bonchev–Trinajstić information content (AvgIpc) is 2.37.